The molecule has 0 bridgehead atoms. The number of carbonyl (C=O) groups excluding carboxylic acids is 1. The second kappa shape index (κ2) is 5.19. The van der Waals surface area contributed by atoms with Crippen molar-refractivity contribution in [1.29, 1.82) is 0 Å². The lowest BCUT2D eigenvalue weighted by atomic mass is 10.1. The molecule has 1 atom stereocenters. The van der Waals surface area contributed by atoms with Gasteiger partial charge in [-0.3, -0.25) is 4.79 Å². The quantitative estimate of drug-likeness (QED) is 0.629. The van der Waals surface area contributed by atoms with Crippen LogP contribution in [0.4, 0.5) is 0 Å². The SMILES string of the molecule is CCC(=O)NCC(C)(O)CN(C)C. The number of likely N-dealkylation sites (N-methyl/N-ethyl adjacent to an activating group) is 1. The van der Waals surface area contributed by atoms with Crippen LogP contribution in [-0.4, -0.2) is 48.7 Å². The molecule has 0 aliphatic heterocycles. The van der Waals surface area contributed by atoms with Gasteiger partial charge in [0.05, 0.1) is 5.60 Å². The fourth-order valence-electron chi connectivity index (χ4n) is 1.15. The van der Waals surface area contributed by atoms with E-state index in [1.54, 1.807) is 13.8 Å². The predicted molar refractivity (Wildman–Crippen MR) is 52.5 cm³/mol. The van der Waals surface area contributed by atoms with E-state index in [0.717, 1.165) is 0 Å². The number of nitrogens with zero attached hydrogens (tertiary/aromatic N) is 1. The Morgan fingerprint density at radius 2 is 2.08 bits per heavy atom. The fourth-order valence-corrected chi connectivity index (χ4v) is 1.15. The molecule has 0 aromatic rings. The van der Waals surface area contributed by atoms with Crippen LogP contribution in [0.3, 0.4) is 0 Å². The Balaban J connectivity index is 3.81. The Labute approximate surface area is 79.9 Å². The fraction of sp³-hybridized carbons (Fsp3) is 0.889. The lowest BCUT2D eigenvalue weighted by Crippen LogP contribution is -2.46. The third-order valence-corrected chi connectivity index (χ3v) is 1.64. The van der Waals surface area contributed by atoms with Gasteiger partial charge in [0.15, 0.2) is 0 Å². The lowest BCUT2D eigenvalue weighted by molar-refractivity contribution is -0.122. The van der Waals surface area contributed by atoms with Crippen molar-refractivity contribution in [3.8, 4) is 0 Å². The maximum absolute atomic E-state index is 10.9. The summed E-state index contributed by atoms with van der Waals surface area (Å²) in [5, 5.41) is 12.4. The topological polar surface area (TPSA) is 52.6 Å². The minimum Gasteiger partial charge on any atom is -0.387 e. The summed E-state index contributed by atoms with van der Waals surface area (Å²) in [6.45, 7) is 4.34. The van der Waals surface area contributed by atoms with E-state index in [-0.39, 0.29) is 5.91 Å². The van der Waals surface area contributed by atoms with Crippen LogP contribution in [-0.2, 0) is 4.79 Å². The van der Waals surface area contributed by atoms with E-state index in [1.165, 1.54) is 0 Å². The first-order valence-electron chi connectivity index (χ1n) is 4.51. The zero-order valence-electron chi connectivity index (χ0n) is 8.92. The lowest BCUT2D eigenvalue weighted by Gasteiger charge is -2.26. The second-order valence-electron chi connectivity index (χ2n) is 3.87. The number of amides is 1. The first-order chi connectivity index (χ1) is 5.87. The van der Waals surface area contributed by atoms with E-state index < -0.39 is 5.60 Å². The third-order valence-electron chi connectivity index (χ3n) is 1.64. The van der Waals surface area contributed by atoms with E-state index in [1.807, 2.05) is 19.0 Å². The molecule has 13 heavy (non-hydrogen) atoms. The van der Waals surface area contributed by atoms with Crippen molar-refractivity contribution in [3.05, 3.63) is 0 Å². The van der Waals surface area contributed by atoms with Crippen molar-refractivity contribution in [1.82, 2.24) is 10.2 Å². The molecule has 2 N–H and O–H groups in total. The van der Waals surface area contributed by atoms with Gasteiger partial charge in [0.1, 0.15) is 0 Å². The van der Waals surface area contributed by atoms with Crippen LogP contribution < -0.4 is 5.32 Å². The molecule has 0 heterocycles. The van der Waals surface area contributed by atoms with Crippen LogP contribution >= 0.6 is 0 Å². The highest BCUT2D eigenvalue weighted by molar-refractivity contribution is 5.75. The Morgan fingerprint density at radius 3 is 2.46 bits per heavy atom. The molecule has 0 spiro atoms. The predicted octanol–water partition coefficient (Wildman–Crippen LogP) is -0.175. The Kier molecular flexibility index (Phi) is 4.95. The van der Waals surface area contributed by atoms with Crippen LogP contribution in [0.25, 0.3) is 0 Å². The van der Waals surface area contributed by atoms with Crippen molar-refractivity contribution >= 4 is 5.91 Å². The molecular formula is C9H20N2O2. The van der Waals surface area contributed by atoms with Gasteiger partial charge in [-0.25, -0.2) is 0 Å². The number of hydrogen-bond acceptors (Lipinski definition) is 3. The van der Waals surface area contributed by atoms with Crippen molar-refractivity contribution in [2.75, 3.05) is 27.2 Å². The van der Waals surface area contributed by atoms with E-state index in [0.29, 0.717) is 19.5 Å². The number of nitrogens with one attached hydrogen (secondary N) is 1. The van der Waals surface area contributed by atoms with Crippen LogP contribution in [0.5, 0.6) is 0 Å². The van der Waals surface area contributed by atoms with Crippen molar-refractivity contribution in [3.63, 3.8) is 0 Å². The first kappa shape index (κ1) is 12.4. The molecule has 0 rings (SSSR count). The van der Waals surface area contributed by atoms with Gasteiger partial charge in [0.2, 0.25) is 5.91 Å². The van der Waals surface area contributed by atoms with Gasteiger partial charge in [-0.15, -0.1) is 0 Å². The van der Waals surface area contributed by atoms with Crippen LogP contribution in [0.2, 0.25) is 0 Å². The summed E-state index contributed by atoms with van der Waals surface area (Å²) >= 11 is 0. The second-order valence-corrected chi connectivity index (χ2v) is 3.87. The Hall–Kier alpha value is -0.610. The Bertz CT molecular complexity index is 167. The summed E-state index contributed by atoms with van der Waals surface area (Å²) in [4.78, 5) is 12.8. The molecule has 1 unspecified atom stereocenters. The van der Waals surface area contributed by atoms with Crippen molar-refractivity contribution < 1.29 is 9.90 Å². The summed E-state index contributed by atoms with van der Waals surface area (Å²) in [5.41, 5.74) is -0.853. The molecule has 1 amide bonds. The summed E-state index contributed by atoms with van der Waals surface area (Å²) in [6.07, 6.45) is 0.456. The average molecular weight is 188 g/mol. The molecular weight excluding hydrogens is 168 g/mol. The highest BCUT2D eigenvalue weighted by atomic mass is 16.3. The average Bonchev–Trinajstić information content (AvgIpc) is 1.98. The van der Waals surface area contributed by atoms with Gasteiger partial charge in [-0.05, 0) is 21.0 Å². The van der Waals surface area contributed by atoms with E-state index in [9.17, 15) is 9.90 Å². The minimum atomic E-state index is -0.853. The first-order valence-corrected chi connectivity index (χ1v) is 4.51. The highest BCUT2D eigenvalue weighted by Crippen LogP contribution is 2.02. The molecule has 0 aromatic carbocycles. The summed E-state index contributed by atoms with van der Waals surface area (Å²) in [7, 11) is 3.77. The molecule has 0 aromatic heterocycles. The van der Waals surface area contributed by atoms with Crippen molar-refractivity contribution in [2.24, 2.45) is 0 Å². The Morgan fingerprint density at radius 1 is 1.54 bits per heavy atom. The minimum absolute atomic E-state index is 0.0287. The maximum atomic E-state index is 10.9. The van der Waals surface area contributed by atoms with Gasteiger partial charge < -0.3 is 15.3 Å². The van der Waals surface area contributed by atoms with Crippen LogP contribution in [0.15, 0.2) is 0 Å². The summed E-state index contributed by atoms with van der Waals surface area (Å²) in [5.74, 6) is -0.0287. The number of carbonyl (C=O) groups is 1. The summed E-state index contributed by atoms with van der Waals surface area (Å²) in [6, 6.07) is 0. The van der Waals surface area contributed by atoms with E-state index >= 15 is 0 Å². The molecule has 4 nitrogen and oxygen atoms in total. The highest BCUT2D eigenvalue weighted by Gasteiger charge is 2.21. The normalized spacial score (nSPS) is 15.5. The van der Waals surface area contributed by atoms with Crippen molar-refractivity contribution in [2.45, 2.75) is 25.9 Å². The van der Waals surface area contributed by atoms with Gasteiger partial charge >= 0.3 is 0 Å². The number of hydrogen-bond donors (Lipinski definition) is 2. The van der Waals surface area contributed by atoms with E-state index in [4.69, 9.17) is 0 Å². The molecule has 0 saturated carbocycles. The van der Waals surface area contributed by atoms with Gasteiger partial charge in [0.25, 0.3) is 0 Å². The van der Waals surface area contributed by atoms with E-state index in [2.05, 4.69) is 5.32 Å². The zero-order chi connectivity index (χ0) is 10.5. The molecule has 4 heteroatoms. The molecule has 78 valence electrons. The molecule has 0 aliphatic carbocycles. The largest absolute Gasteiger partial charge is 0.387 e. The monoisotopic (exact) mass is 188 g/mol. The zero-order valence-corrected chi connectivity index (χ0v) is 8.92. The van der Waals surface area contributed by atoms with Gasteiger partial charge in [0, 0.05) is 19.5 Å². The standard InChI is InChI=1S/C9H20N2O2/c1-5-8(12)10-6-9(2,13)7-11(3)4/h13H,5-7H2,1-4H3,(H,10,12). The summed E-state index contributed by atoms with van der Waals surface area (Å²) < 4.78 is 0. The molecule has 0 fully saturated rings. The van der Waals surface area contributed by atoms with Crippen LogP contribution in [0.1, 0.15) is 20.3 Å². The molecule has 0 saturated heterocycles. The smallest absolute Gasteiger partial charge is 0.219 e. The van der Waals surface area contributed by atoms with Crippen LogP contribution in [0, 0.1) is 0 Å². The third kappa shape index (κ3) is 6.54. The molecule has 0 radical (unpaired) electrons. The van der Waals surface area contributed by atoms with Gasteiger partial charge in [-0.2, -0.15) is 0 Å². The maximum Gasteiger partial charge on any atom is 0.219 e. The number of rotatable bonds is 5. The number of aliphatic hydroxyl groups is 1. The van der Waals surface area contributed by atoms with Gasteiger partial charge in [-0.1, -0.05) is 6.92 Å². The molecule has 0 aliphatic rings.